The van der Waals surface area contributed by atoms with Crippen molar-refractivity contribution in [3.8, 4) is 0 Å². The summed E-state index contributed by atoms with van der Waals surface area (Å²) in [6.07, 6.45) is 0.0722. The van der Waals surface area contributed by atoms with Gasteiger partial charge in [0.2, 0.25) is 21.8 Å². The minimum Gasteiger partial charge on any atom is -0.352 e. The molecule has 126 valence electrons. The van der Waals surface area contributed by atoms with Crippen molar-refractivity contribution in [1.29, 1.82) is 0 Å². The molecule has 1 fully saturated rings. The predicted molar refractivity (Wildman–Crippen MR) is 84.9 cm³/mol. The van der Waals surface area contributed by atoms with Crippen molar-refractivity contribution in [2.45, 2.75) is 24.3 Å². The molecule has 23 heavy (non-hydrogen) atoms. The van der Waals surface area contributed by atoms with Gasteiger partial charge in [-0.3, -0.25) is 9.59 Å². The minimum absolute atomic E-state index is 0.0722. The van der Waals surface area contributed by atoms with E-state index in [0.29, 0.717) is 12.2 Å². The first-order chi connectivity index (χ1) is 10.7. The van der Waals surface area contributed by atoms with E-state index in [4.69, 9.17) is 10.9 Å². The van der Waals surface area contributed by atoms with E-state index >= 15 is 0 Å². The lowest BCUT2D eigenvalue weighted by Crippen LogP contribution is -2.41. The van der Waals surface area contributed by atoms with E-state index in [1.54, 1.807) is 13.0 Å². The van der Waals surface area contributed by atoms with Gasteiger partial charge in [0.25, 0.3) is 0 Å². The Balaban J connectivity index is 2.16. The van der Waals surface area contributed by atoms with E-state index in [9.17, 15) is 18.0 Å². The first-order valence-corrected chi connectivity index (χ1v) is 8.70. The van der Waals surface area contributed by atoms with E-state index in [1.807, 2.05) is 0 Å². The summed E-state index contributed by atoms with van der Waals surface area (Å²) in [6, 6.07) is 5.63. The Morgan fingerprint density at radius 1 is 1.48 bits per heavy atom. The fourth-order valence-electron chi connectivity index (χ4n) is 2.38. The number of sulfonamides is 1. The van der Waals surface area contributed by atoms with Crippen LogP contribution in [0.4, 0.5) is 5.69 Å². The Labute approximate surface area is 134 Å². The summed E-state index contributed by atoms with van der Waals surface area (Å²) in [6.45, 7) is 2.28. The molecule has 5 N–H and O–H groups in total. The quantitative estimate of drug-likeness (QED) is 0.641. The van der Waals surface area contributed by atoms with E-state index in [1.165, 1.54) is 23.1 Å². The average molecular weight is 340 g/mol. The molecular formula is C14H20N4O4S. The van der Waals surface area contributed by atoms with Crippen LogP contribution in [-0.4, -0.2) is 39.4 Å². The van der Waals surface area contributed by atoms with Gasteiger partial charge in [-0.2, -0.15) is 0 Å². The third-order valence-electron chi connectivity index (χ3n) is 3.70. The molecule has 0 saturated carbocycles. The maximum Gasteiger partial charge on any atom is 0.238 e. The highest BCUT2D eigenvalue weighted by atomic mass is 32.2. The molecule has 1 aliphatic heterocycles. The maximum atomic E-state index is 12.1. The number of primary sulfonamides is 1. The lowest BCUT2D eigenvalue weighted by Gasteiger charge is -2.18. The van der Waals surface area contributed by atoms with Crippen LogP contribution in [0.25, 0.3) is 0 Å². The number of amides is 2. The Bertz CT molecular complexity index is 719. The van der Waals surface area contributed by atoms with Crippen LogP contribution in [0, 0.1) is 5.92 Å². The molecule has 8 nitrogen and oxygen atoms in total. The highest BCUT2D eigenvalue weighted by Gasteiger charge is 2.35. The lowest BCUT2D eigenvalue weighted by molar-refractivity contribution is -0.126. The van der Waals surface area contributed by atoms with Gasteiger partial charge in [0.1, 0.15) is 0 Å². The Hall–Kier alpha value is -1.97. The molecule has 1 heterocycles. The van der Waals surface area contributed by atoms with Gasteiger partial charge in [-0.25, -0.2) is 13.6 Å². The van der Waals surface area contributed by atoms with Crippen LogP contribution in [0.1, 0.15) is 13.3 Å². The van der Waals surface area contributed by atoms with Crippen LogP contribution >= 0.6 is 0 Å². The summed E-state index contributed by atoms with van der Waals surface area (Å²) < 4.78 is 22.8. The molecule has 0 aliphatic carbocycles. The third kappa shape index (κ3) is 4.06. The van der Waals surface area contributed by atoms with Crippen LogP contribution in [0.5, 0.6) is 0 Å². The first kappa shape index (κ1) is 17.4. The highest BCUT2D eigenvalue weighted by molar-refractivity contribution is 7.89. The number of rotatable bonds is 5. The van der Waals surface area contributed by atoms with Crippen LogP contribution in [0.15, 0.2) is 29.2 Å². The molecule has 2 rings (SSSR count). The Morgan fingerprint density at radius 3 is 2.78 bits per heavy atom. The zero-order valence-corrected chi connectivity index (χ0v) is 13.5. The number of nitrogens with two attached hydrogens (primary N) is 2. The molecule has 1 saturated heterocycles. The zero-order valence-electron chi connectivity index (χ0n) is 12.7. The Kier molecular flexibility index (Phi) is 5.03. The van der Waals surface area contributed by atoms with Crippen molar-refractivity contribution >= 4 is 27.5 Å². The van der Waals surface area contributed by atoms with Crippen molar-refractivity contribution in [2.75, 3.05) is 18.0 Å². The van der Waals surface area contributed by atoms with Gasteiger partial charge < -0.3 is 16.0 Å². The van der Waals surface area contributed by atoms with Crippen molar-refractivity contribution in [3.05, 3.63) is 24.3 Å². The molecule has 2 amide bonds. The number of hydrogen-bond acceptors (Lipinski definition) is 5. The van der Waals surface area contributed by atoms with Gasteiger partial charge in [-0.15, -0.1) is 0 Å². The van der Waals surface area contributed by atoms with Crippen molar-refractivity contribution in [2.24, 2.45) is 16.8 Å². The fourth-order valence-corrected chi connectivity index (χ4v) is 2.93. The number of nitrogens with zero attached hydrogens (tertiary/aromatic N) is 1. The largest absolute Gasteiger partial charge is 0.352 e. The molecule has 1 unspecified atom stereocenters. The van der Waals surface area contributed by atoms with Gasteiger partial charge in [-0.1, -0.05) is 6.07 Å². The molecule has 0 bridgehead atoms. The standard InChI is InChI=1S/C14H20N4O4S/c1-9(7-15)17-14(20)10-5-13(19)18(8-10)11-3-2-4-12(6-11)23(16,21)22/h2-4,6,9-10H,5,7-8,15H2,1H3,(H,17,20)(H2,16,21,22)/t9-,10?/m0/s1. The van der Waals surface area contributed by atoms with E-state index in [2.05, 4.69) is 5.32 Å². The minimum atomic E-state index is -3.85. The van der Waals surface area contributed by atoms with Gasteiger partial charge in [0, 0.05) is 31.2 Å². The van der Waals surface area contributed by atoms with Crippen molar-refractivity contribution in [3.63, 3.8) is 0 Å². The SMILES string of the molecule is C[C@@H](CN)NC(=O)C1CC(=O)N(c2cccc(S(N)(=O)=O)c2)C1. The number of carbonyl (C=O) groups is 2. The number of carbonyl (C=O) groups excluding carboxylic acids is 2. The van der Waals surface area contributed by atoms with Gasteiger partial charge in [0.05, 0.1) is 10.8 Å². The average Bonchev–Trinajstić information content (AvgIpc) is 2.88. The molecule has 0 aromatic heterocycles. The molecule has 1 aromatic rings. The van der Waals surface area contributed by atoms with E-state index in [0.717, 1.165) is 0 Å². The molecule has 9 heteroatoms. The summed E-state index contributed by atoms with van der Waals surface area (Å²) in [5, 5.41) is 7.84. The smallest absolute Gasteiger partial charge is 0.238 e. The van der Waals surface area contributed by atoms with Gasteiger partial charge in [-0.05, 0) is 25.1 Å². The van der Waals surface area contributed by atoms with Gasteiger partial charge >= 0.3 is 0 Å². The van der Waals surface area contributed by atoms with Crippen molar-refractivity contribution in [1.82, 2.24) is 5.32 Å². The highest BCUT2D eigenvalue weighted by Crippen LogP contribution is 2.26. The zero-order chi connectivity index (χ0) is 17.2. The van der Waals surface area contributed by atoms with Crippen molar-refractivity contribution < 1.29 is 18.0 Å². The molecule has 0 radical (unpaired) electrons. The third-order valence-corrected chi connectivity index (χ3v) is 4.61. The second-order valence-corrected chi connectivity index (χ2v) is 7.15. The summed E-state index contributed by atoms with van der Waals surface area (Å²) in [7, 11) is -3.85. The molecule has 2 atom stereocenters. The lowest BCUT2D eigenvalue weighted by atomic mass is 10.1. The van der Waals surface area contributed by atoms with Gasteiger partial charge in [0.15, 0.2) is 0 Å². The Morgan fingerprint density at radius 2 is 2.17 bits per heavy atom. The molecule has 1 aliphatic rings. The number of nitrogens with one attached hydrogen (secondary N) is 1. The number of anilines is 1. The maximum absolute atomic E-state index is 12.1. The number of benzene rings is 1. The summed E-state index contributed by atoms with van der Waals surface area (Å²) in [5.74, 6) is -0.965. The van der Waals surface area contributed by atoms with Crippen LogP contribution in [0.2, 0.25) is 0 Å². The molecule has 1 aromatic carbocycles. The molecule has 0 spiro atoms. The first-order valence-electron chi connectivity index (χ1n) is 7.16. The summed E-state index contributed by atoms with van der Waals surface area (Å²) in [4.78, 5) is 25.6. The molecular weight excluding hydrogens is 320 g/mol. The van der Waals surface area contributed by atoms with E-state index in [-0.39, 0.29) is 35.7 Å². The van der Waals surface area contributed by atoms with Crippen LogP contribution in [0.3, 0.4) is 0 Å². The summed E-state index contributed by atoms with van der Waals surface area (Å²) in [5.41, 5.74) is 5.87. The second-order valence-electron chi connectivity index (χ2n) is 5.59. The number of hydrogen-bond donors (Lipinski definition) is 3. The van der Waals surface area contributed by atoms with Crippen LogP contribution < -0.4 is 21.1 Å². The second kappa shape index (κ2) is 6.65. The van der Waals surface area contributed by atoms with Crippen LogP contribution in [-0.2, 0) is 19.6 Å². The fraction of sp³-hybridized carbons (Fsp3) is 0.429. The topological polar surface area (TPSA) is 136 Å². The normalized spacial score (nSPS) is 19.7. The predicted octanol–water partition coefficient (Wildman–Crippen LogP) is -0.850. The summed E-state index contributed by atoms with van der Waals surface area (Å²) >= 11 is 0. The monoisotopic (exact) mass is 340 g/mol. The van der Waals surface area contributed by atoms with E-state index < -0.39 is 15.9 Å².